The molecule has 0 saturated heterocycles. The Labute approximate surface area is 329 Å². The second-order valence-corrected chi connectivity index (χ2v) is 12.8. The predicted molar refractivity (Wildman–Crippen MR) is 208 cm³/mol. The number of oxazole rings is 2. The highest BCUT2D eigenvalue weighted by Gasteiger charge is 2.25. The Morgan fingerprint density at radius 1 is 0.690 bits per heavy atom. The molecule has 58 heavy (non-hydrogen) atoms. The van der Waals surface area contributed by atoms with E-state index in [0.29, 0.717) is 47.0 Å². The Morgan fingerprint density at radius 2 is 1.09 bits per heavy atom. The molecule has 0 aliphatic carbocycles. The Morgan fingerprint density at radius 3 is 1.43 bits per heavy atom. The van der Waals surface area contributed by atoms with Crippen molar-refractivity contribution in [3.05, 3.63) is 82.2 Å². The molecule has 20 heteroatoms. The third-order valence-electron chi connectivity index (χ3n) is 8.76. The van der Waals surface area contributed by atoms with Gasteiger partial charge < -0.3 is 49.1 Å². The number of carbonyl (C=O) groups is 4. The molecule has 8 N–H and O–H groups in total. The van der Waals surface area contributed by atoms with Gasteiger partial charge in [-0.2, -0.15) is 0 Å². The van der Waals surface area contributed by atoms with E-state index >= 15 is 0 Å². The molecule has 304 valence electrons. The van der Waals surface area contributed by atoms with E-state index in [-0.39, 0.29) is 96.6 Å². The number of carbonyl (C=O) groups excluding carboxylic acids is 4. The van der Waals surface area contributed by atoms with Crippen LogP contribution >= 0.6 is 0 Å². The molecule has 2 aromatic carbocycles. The van der Waals surface area contributed by atoms with E-state index in [2.05, 4.69) is 30.6 Å². The minimum atomic E-state index is -0.745. The Kier molecular flexibility index (Phi) is 12.2. The minimum Gasteiger partial charge on any atom is -0.489 e. The fraction of sp³-hybridized carbons (Fsp3) is 0.316. The van der Waals surface area contributed by atoms with E-state index in [1.165, 1.54) is 24.3 Å². The molecule has 4 heterocycles. The number of nitrogens with zero attached hydrogens (tertiary/aromatic N) is 6. The molecule has 0 aliphatic heterocycles. The Bertz CT molecular complexity index is 2390. The summed E-state index contributed by atoms with van der Waals surface area (Å²) in [7, 11) is 0. The van der Waals surface area contributed by atoms with Gasteiger partial charge in [0.25, 0.3) is 11.8 Å². The lowest BCUT2D eigenvalue weighted by atomic mass is 10.1. The van der Waals surface area contributed by atoms with E-state index in [1.54, 1.807) is 35.1 Å². The first-order valence-corrected chi connectivity index (χ1v) is 18.2. The van der Waals surface area contributed by atoms with E-state index in [9.17, 15) is 29.4 Å². The first kappa shape index (κ1) is 40.6. The molecule has 6 rings (SSSR count). The Hall–Kier alpha value is -7.06. The highest BCUT2D eigenvalue weighted by atomic mass is 16.5. The number of fused-ring (bicyclic) bond motifs is 2. The van der Waals surface area contributed by atoms with Crippen LogP contribution in [-0.2, 0) is 25.9 Å². The summed E-state index contributed by atoms with van der Waals surface area (Å²) in [4.78, 5) is 69.4. The number of aliphatic hydroxyl groups is 2. The van der Waals surface area contributed by atoms with Crippen LogP contribution in [0.1, 0.15) is 78.8 Å². The minimum absolute atomic E-state index is 0.00977. The molecule has 0 unspecified atom stereocenters. The highest BCUT2D eigenvalue weighted by Crippen LogP contribution is 2.33. The maximum atomic E-state index is 13.6. The van der Waals surface area contributed by atoms with Crippen LogP contribution < -0.4 is 31.6 Å². The van der Waals surface area contributed by atoms with Crippen LogP contribution in [0.4, 0.5) is 11.9 Å². The van der Waals surface area contributed by atoms with Crippen LogP contribution in [0.2, 0.25) is 0 Å². The van der Waals surface area contributed by atoms with Gasteiger partial charge in [0, 0.05) is 38.1 Å². The number of amides is 4. The average Bonchev–Trinajstić information content (AvgIpc) is 3.96. The van der Waals surface area contributed by atoms with Crippen LogP contribution in [0.25, 0.3) is 22.1 Å². The van der Waals surface area contributed by atoms with E-state index in [1.807, 2.05) is 13.8 Å². The molecule has 4 amide bonds. The summed E-state index contributed by atoms with van der Waals surface area (Å²) in [6.07, 6.45) is 4.34. The van der Waals surface area contributed by atoms with Crippen molar-refractivity contribution in [1.82, 2.24) is 29.1 Å². The molecule has 0 atom stereocenters. The van der Waals surface area contributed by atoms with Gasteiger partial charge in [0.05, 0.1) is 35.6 Å². The molecule has 0 fully saturated rings. The summed E-state index contributed by atoms with van der Waals surface area (Å²) in [5.41, 5.74) is 13.6. The molecule has 0 aliphatic rings. The topological polar surface area (TPSA) is 291 Å². The first-order chi connectivity index (χ1) is 27.9. The number of aromatic nitrogens is 6. The third kappa shape index (κ3) is 8.37. The number of aryl methyl sites for hydroxylation is 4. The number of hydrogen-bond donors (Lipinski definition) is 6. The predicted octanol–water partition coefficient (Wildman–Crippen LogP) is 2.80. The second-order valence-electron chi connectivity index (χ2n) is 12.8. The van der Waals surface area contributed by atoms with Crippen molar-refractivity contribution in [3.63, 3.8) is 0 Å². The van der Waals surface area contributed by atoms with Gasteiger partial charge in [0.15, 0.2) is 11.8 Å². The number of benzene rings is 2. The van der Waals surface area contributed by atoms with Gasteiger partial charge in [-0.3, -0.25) is 29.8 Å². The lowest BCUT2D eigenvalue weighted by Crippen LogP contribution is -2.17. The number of aliphatic hydroxyl groups excluding tert-OH is 2. The van der Waals surface area contributed by atoms with Crippen molar-refractivity contribution < 1.29 is 47.7 Å². The largest absolute Gasteiger partial charge is 0.489 e. The van der Waals surface area contributed by atoms with Gasteiger partial charge in [0.2, 0.25) is 35.2 Å². The summed E-state index contributed by atoms with van der Waals surface area (Å²) in [6.45, 7) is 6.13. The number of ether oxygens (including phenoxy) is 2. The molecule has 20 nitrogen and oxygen atoms in total. The maximum absolute atomic E-state index is 13.6. The lowest BCUT2D eigenvalue weighted by Gasteiger charge is -2.13. The van der Waals surface area contributed by atoms with Crippen molar-refractivity contribution in [3.8, 4) is 11.5 Å². The number of nitrogens with one attached hydrogen (secondary N) is 2. The van der Waals surface area contributed by atoms with E-state index in [0.717, 1.165) is 0 Å². The molecule has 0 spiro atoms. The van der Waals surface area contributed by atoms with Gasteiger partial charge in [-0.1, -0.05) is 26.0 Å². The molecule has 4 aromatic heterocycles. The molecular formula is C38H42N10O10. The summed E-state index contributed by atoms with van der Waals surface area (Å²) in [6, 6.07) is 5.75. The van der Waals surface area contributed by atoms with Crippen LogP contribution in [0.15, 0.2) is 45.3 Å². The number of primary amides is 2. The zero-order chi connectivity index (χ0) is 41.7. The number of imidazole rings is 2. The summed E-state index contributed by atoms with van der Waals surface area (Å²) in [5, 5.41) is 24.7. The van der Waals surface area contributed by atoms with Crippen molar-refractivity contribution in [2.45, 2.75) is 53.6 Å². The summed E-state index contributed by atoms with van der Waals surface area (Å²) >= 11 is 0. The monoisotopic (exact) mass is 798 g/mol. The van der Waals surface area contributed by atoms with Gasteiger partial charge >= 0.3 is 0 Å². The number of anilines is 2. The number of nitrogens with two attached hydrogens (primary N) is 2. The molecular weight excluding hydrogens is 756 g/mol. The molecule has 0 saturated carbocycles. The smallest absolute Gasteiger partial charge is 0.295 e. The van der Waals surface area contributed by atoms with Crippen molar-refractivity contribution in [1.29, 1.82) is 0 Å². The van der Waals surface area contributed by atoms with E-state index < -0.39 is 23.6 Å². The number of hydrogen-bond acceptors (Lipinski definition) is 14. The van der Waals surface area contributed by atoms with Gasteiger partial charge in [-0.15, -0.1) is 0 Å². The Balaban J connectivity index is 1.43. The lowest BCUT2D eigenvalue weighted by molar-refractivity contribution is 0.0985. The van der Waals surface area contributed by atoms with Crippen LogP contribution in [0.3, 0.4) is 0 Å². The summed E-state index contributed by atoms with van der Waals surface area (Å²) in [5.74, 6) is -1.62. The molecule has 0 bridgehead atoms. The van der Waals surface area contributed by atoms with Crippen molar-refractivity contribution in [2.24, 2.45) is 11.5 Å². The molecule has 0 radical (unpaired) electrons. The van der Waals surface area contributed by atoms with Crippen molar-refractivity contribution >= 4 is 57.6 Å². The third-order valence-corrected chi connectivity index (χ3v) is 8.76. The molecule has 6 aromatic rings. The zero-order valence-electron chi connectivity index (χ0n) is 32.1. The highest BCUT2D eigenvalue weighted by molar-refractivity contribution is 6.05. The number of allylic oxidation sites excluding steroid dienone is 2. The van der Waals surface area contributed by atoms with Gasteiger partial charge in [-0.05, 0) is 37.1 Å². The fourth-order valence-corrected chi connectivity index (χ4v) is 6.27. The standard InChI is InChI=1S/C38H42N10O10/c1-5-23-31(57-19(3)41-23)35(53)45-37-43-25-15-21(33(39)51)17-27(55-13-11-49)29(25)47(37)9-7-8-10-48-30-26(16-22(34(40)52)18-28(30)56-14-12-50)44-38(48)46-36(54)32-24(6-2)42-20(4)58-32/h7-8,15-18,49-50H,5-6,9-14H2,1-4H3,(H2,39,51)(H2,40,52)(H,43,45,53)(H,44,46,54)/b8-7+. The normalized spacial score (nSPS) is 11.5. The van der Waals surface area contributed by atoms with Gasteiger partial charge in [0.1, 0.15) is 35.7 Å². The first-order valence-electron chi connectivity index (χ1n) is 18.2. The zero-order valence-corrected chi connectivity index (χ0v) is 32.1. The van der Waals surface area contributed by atoms with Crippen LogP contribution in [0.5, 0.6) is 11.5 Å². The number of rotatable bonds is 18. The fourth-order valence-electron chi connectivity index (χ4n) is 6.27. The van der Waals surface area contributed by atoms with E-state index in [4.69, 9.17) is 29.8 Å². The quantitative estimate of drug-likeness (QED) is 0.0682. The maximum Gasteiger partial charge on any atom is 0.295 e. The summed E-state index contributed by atoms with van der Waals surface area (Å²) < 4.78 is 26.1. The van der Waals surface area contributed by atoms with Crippen LogP contribution in [-0.4, -0.2) is 89.3 Å². The van der Waals surface area contributed by atoms with Crippen molar-refractivity contribution in [2.75, 3.05) is 37.1 Å². The average molecular weight is 799 g/mol. The van der Waals surface area contributed by atoms with Crippen LogP contribution in [0, 0.1) is 13.8 Å². The van der Waals surface area contributed by atoms with Gasteiger partial charge in [-0.25, -0.2) is 19.9 Å². The SMILES string of the molecule is CCc1nc(C)oc1C(=O)Nc1nc2cc(C(N)=O)cc(OCCO)c2n1C/C=C/Cn1c(NC(=O)c2oc(C)nc2CC)nc2cc(C(N)=O)cc(OCCO)c21. The second kappa shape index (κ2) is 17.4.